The van der Waals surface area contributed by atoms with Gasteiger partial charge in [0.2, 0.25) is 5.91 Å². The molecule has 32 heavy (non-hydrogen) atoms. The van der Waals surface area contributed by atoms with Gasteiger partial charge in [0.05, 0.1) is 16.6 Å². The molecule has 0 aliphatic rings. The van der Waals surface area contributed by atoms with E-state index >= 15 is 0 Å². The summed E-state index contributed by atoms with van der Waals surface area (Å²) < 4.78 is 6.87. The minimum absolute atomic E-state index is 0.117. The first-order valence-electron chi connectivity index (χ1n) is 10.3. The molecule has 3 aromatic heterocycles. The summed E-state index contributed by atoms with van der Waals surface area (Å²) >= 11 is 0. The number of hydrogen-bond acceptors (Lipinski definition) is 6. The number of nitrogens with zero attached hydrogens (tertiary/aromatic N) is 4. The second-order valence-electron chi connectivity index (χ2n) is 7.88. The van der Waals surface area contributed by atoms with Gasteiger partial charge in [0.15, 0.2) is 0 Å². The van der Waals surface area contributed by atoms with Crippen LogP contribution >= 0.6 is 0 Å². The molecule has 0 aliphatic carbocycles. The topological polar surface area (TPSA) is 115 Å². The van der Waals surface area contributed by atoms with Crippen LogP contribution in [0.3, 0.4) is 0 Å². The third kappa shape index (κ3) is 4.22. The molecule has 0 aliphatic heterocycles. The first kappa shape index (κ1) is 21.2. The molecule has 1 atom stereocenters. The number of pyridine rings is 1. The molecule has 0 saturated carbocycles. The third-order valence-corrected chi connectivity index (χ3v) is 5.16. The molecule has 9 heteroatoms. The van der Waals surface area contributed by atoms with Gasteiger partial charge in [0.25, 0.3) is 11.6 Å². The highest BCUT2D eigenvalue weighted by atomic mass is 16.5. The lowest BCUT2D eigenvalue weighted by atomic mass is 10.0. The Morgan fingerprint density at radius 1 is 1.06 bits per heavy atom. The van der Waals surface area contributed by atoms with Crippen molar-refractivity contribution in [3.8, 4) is 0 Å². The van der Waals surface area contributed by atoms with Crippen LogP contribution in [0.2, 0.25) is 0 Å². The lowest BCUT2D eigenvalue weighted by molar-refractivity contribution is -0.119. The van der Waals surface area contributed by atoms with Crippen molar-refractivity contribution in [2.45, 2.75) is 39.7 Å². The molecule has 0 saturated heterocycles. The number of anilines is 2. The van der Waals surface area contributed by atoms with Crippen LogP contribution in [0.15, 0.2) is 53.3 Å². The van der Waals surface area contributed by atoms with Crippen molar-refractivity contribution < 1.29 is 14.1 Å². The fraction of sp³-hybridized carbons (Fsp3) is 0.261. The Bertz CT molecular complexity index is 1280. The highest BCUT2D eigenvalue weighted by molar-refractivity contribution is 6.12. The number of aryl methyl sites for hydroxylation is 1. The van der Waals surface area contributed by atoms with Gasteiger partial charge in [-0.2, -0.15) is 5.10 Å². The minimum atomic E-state index is -0.473. The number of carbonyl (C=O) groups excluding carboxylic acids is 2. The number of aromatic nitrogens is 4. The van der Waals surface area contributed by atoms with Crippen LogP contribution < -0.4 is 10.6 Å². The van der Waals surface area contributed by atoms with Gasteiger partial charge in [0.1, 0.15) is 6.04 Å². The largest absolute Gasteiger partial charge is 0.336 e. The Hall–Kier alpha value is -4.01. The smallest absolute Gasteiger partial charge is 0.259 e. The minimum Gasteiger partial charge on any atom is -0.336 e. The van der Waals surface area contributed by atoms with Crippen LogP contribution in [0.5, 0.6) is 0 Å². The molecule has 2 amide bonds. The van der Waals surface area contributed by atoms with E-state index in [9.17, 15) is 9.59 Å². The SMILES string of the molecule is Cc1noc2nc(C(C)C)cc(C(=O)Nc3cccc(NC(=O)C(C)n4cccn4)c3)c12. The maximum absolute atomic E-state index is 13.1. The molecular weight excluding hydrogens is 408 g/mol. The normalized spacial score (nSPS) is 12.2. The number of nitrogens with one attached hydrogen (secondary N) is 2. The van der Waals surface area contributed by atoms with Gasteiger partial charge < -0.3 is 15.2 Å². The Balaban J connectivity index is 1.56. The van der Waals surface area contributed by atoms with Crippen LogP contribution in [-0.2, 0) is 4.79 Å². The highest BCUT2D eigenvalue weighted by Crippen LogP contribution is 2.26. The van der Waals surface area contributed by atoms with Crippen LogP contribution in [-0.4, -0.2) is 31.7 Å². The van der Waals surface area contributed by atoms with E-state index in [2.05, 4.69) is 25.9 Å². The fourth-order valence-electron chi connectivity index (χ4n) is 3.34. The number of benzene rings is 1. The molecule has 2 N–H and O–H groups in total. The standard InChI is InChI=1S/C23H24N6O3/c1-13(2)19-12-18(20-14(3)28-32-23(20)27-19)22(31)26-17-8-5-7-16(11-17)25-21(30)15(4)29-10-6-9-24-29/h5-13,15H,1-4H3,(H,25,30)(H,26,31). The molecule has 0 radical (unpaired) electrons. The van der Waals surface area contributed by atoms with Gasteiger partial charge in [-0.15, -0.1) is 0 Å². The van der Waals surface area contributed by atoms with Crippen molar-refractivity contribution >= 4 is 34.3 Å². The maximum atomic E-state index is 13.1. The van der Waals surface area contributed by atoms with Gasteiger partial charge in [-0.05, 0) is 50.1 Å². The highest BCUT2D eigenvalue weighted by Gasteiger charge is 2.20. The van der Waals surface area contributed by atoms with Gasteiger partial charge in [-0.25, -0.2) is 4.98 Å². The van der Waals surface area contributed by atoms with Gasteiger partial charge in [-0.3, -0.25) is 14.3 Å². The summed E-state index contributed by atoms with van der Waals surface area (Å²) in [5.74, 6) is -0.402. The van der Waals surface area contributed by atoms with Crippen LogP contribution in [0.4, 0.5) is 11.4 Å². The molecule has 4 rings (SSSR count). The van der Waals surface area contributed by atoms with E-state index in [-0.39, 0.29) is 17.7 Å². The van der Waals surface area contributed by atoms with Crippen LogP contribution in [0, 0.1) is 6.92 Å². The molecule has 0 spiro atoms. The second-order valence-corrected chi connectivity index (χ2v) is 7.88. The number of fused-ring (bicyclic) bond motifs is 1. The zero-order valence-corrected chi connectivity index (χ0v) is 18.3. The van der Waals surface area contributed by atoms with E-state index in [4.69, 9.17) is 4.52 Å². The van der Waals surface area contributed by atoms with Crippen molar-refractivity contribution in [3.63, 3.8) is 0 Å². The predicted molar refractivity (Wildman–Crippen MR) is 121 cm³/mol. The van der Waals surface area contributed by atoms with E-state index < -0.39 is 6.04 Å². The zero-order chi connectivity index (χ0) is 22.8. The van der Waals surface area contributed by atoms with Crippen LogP contribution in [0.25, 0.3) is 11.1 Å². The maximum Gasteiger partial charge on any atom is 0.259 e. The lowest BCUT2D eigenvalue weighted by Crippen LogP contribution is -2.24. The molecule has 1 aromatic carbocycles. The first-order valence-corrected chi connectivity index (χ1v) is 10.3. The van der Waals surface area contributed by atoms with Crippen molar-refractivity contribution in [3.05, 3.63) is 65.7 Å². The quantitative estimate of drug-likeness (QED) is 0.469. The summed E-state index contributed by atoms with van der Waals surface area (Å²) in [5.41, 5.74) is 3.24. The van der Waals surface area contributed by atoms with Crippen molar-refractivity contribution in [1.29, 1.82) is 0 Å². The Morgan fingerprint density at radius 2 is 1.81 bits per heavy atom. The molecule has 164 valence electrons. The monoisotopic (exact) mass is 432 g/mol. The number of amides is 2. The van der Waals surface area contributed by atoms with Gasteiger partial charge in [-0.1, -0.05) is 25.1 Å². The average Bonchev–Trinajstić information content (AvgIpc) is 3.43. The predicted octanol–water partition coefficient (Wildman–Crippen LogP) is 4.30. The number of rotatable bonds is 6. The molecular formula is C23H24N6O3. The van der Waals surface area contributed by atoms with E-state index in [0.29, 0.717) is 33.7 Å². The molecule has 1 unspecified atom stereocenters. The van der Waals surface area contributed by atoms with Crippen molar-refractivity contribution in [1.82, 2.24) is 19.9 Å². The zero-order valence-electron chi connectivity index (χ0n) is 18.3. The Kier molecular flexibility index (Phi) is 5.72. The molecule has 3 heterocycles. The number of hydrogen-bond donors (Lipinski definition) is 2. The first-order chi connectivity index (χ1) is 15.3. The van der Waals surface area contributed by atoms with E-state index in [0.717, 1.165) is 5.69 Å². The summed E-state index contributed by atoms with van der Waals surface area (Å²) in [6, 6.07) is 10.0. The molecule has 0 fully saturated rings. The summed E-state index contributed by atoms with van der Waals surface area (Å²) in [6.45, 7) is 7.53. The third-order valence-electron chi connectivity index (χ3n) is 5.16. The Labute approximate surface area is 184 Å². The lowest BCUT2D eigenvalue weighted by Gasteiger charge is -2.14. The summed E-state index contributed by atoms with van der Waals surface area (Å²) in [5, 5.41) is 14.4. The second kappa shape index (κ2) is 8.62. The number of carbonyl (C=O) groups is 2. The van der Waals surface area contributed by atoms with Gasteiger partial charge >= 0.3 is 0 Å². The molecule has 4 aromatic rings. The van der Waals surface area contributed by atoms with E-state index in [1.54, 1.807) is 67.3 Å². The average molecular weight is 432 g/mol. The summed E-state index contributed by atoms with van der Waals surface area (Å²) in [6.07, 6.45) is 3.35. The summed E-state index contributed by atoms with van der Waals surface area (Å²) in [7, 11) is 0. The van der Waals surface area contributed by atoms with Crippen LogP contribution in [0.1, 0.15) is 54.5 Å². The Morgan fingerprint density at radius 3 is 2.50 bits per heavy atom. The summed E-state index contributed by atoms with van der Waals surface area (Å²) in [4.78, 5) is 30.1. The van der Waals surface area contributed by atoms with E-state index in [1.165, 1.54) is 0 Å². The fourth-order valence-corrected chi connectivity index (χ4v) is 3.34. The van der Waals surface area contributed by atoms with Crippen molar-refractivity contribution in [2.75, 3.05) is 10.6 Å². The molecule has 0 bridgehead atoms. The molecule has 9 nitrogen and oxygen atoms in total. The van der Waals surface area contributed by atoms with E-state index in [1.807, 2.05) is 13.8 Å². The van der Waals surface area contributed by atoms with Crippen molar-refractivity contribution in [2.24, 2.45) is 0 Å². The van der Waals surface area contributed by atoms with Gasteiger partial charge in [0, 0.05) is 29.5 Å².